The molecule has 1 atom stereocenters. The Kier molecular flexibility index (Phi) is 10.00. The number of rotatable bonds is 9. The smallest absolute Gasteiger partial charge is 0.228 e. The summed E-state index contributed by atoms with van der Waals surface area (Å²) in [5, 5.41) is 4.37. The molecule has 0 radical (unpaired) electrons. The molecule has 1 saturated carbocycles. The van der Waals surface area contributed by atoms with Crippen molar-refractivity contribution in [1.29, 1.82) is 0 Å². The van der Waals surface area contributed by atoms with Crippen LogP contribution in [0.5, 0.6) is 5.75 Å². The number of benzene rings is 3. The van der Waals surface area contributed by atoms with E-state index in [9.17, 15) is 4.79 Å². The summed E-state index contributed by atoms with van der Waals surface area (Å²) in [5.41, 5.74) is 9.54. The van der Waals surface area contributed by atoms with Crippen LogP contribution < -0.4 is 15.0 Å². The SMILES string of the molecule is COc1ccc(CN2C(=C3CCC3)C(CCc3ccccc3Cl)N=C(c3cnc(NC(=O)C(C)C)c(C)c3)c3cc(Cl)ccc32)cc1. The van der Waals surface area contributed by atoms with Gasteiger partial charge in [0.1, 0.15) is 11.6 Å². The number of aromatic nitrogens is 1. The number of anilines is 2. The van der Waals surface area contributed by atoms with Gasteiger partial charge in [0.05, 0.1) is 24.6 Å². The highest BCUT2D eigenvalue weighted by Gasteiger charge is 2.33. The molecular weight excluding hydrogens is 627 g/mol. The van der Waals surface area contributed by atoms with Gasteiger partial charge in [-0.2, -0.15) is 0 Å². The molecule has 1 fully saturated rings. The lowest BCUT2D eigenvalue weighted by Gasteiger charge is -2.35. The van der Waals surface area contributed by atoms with E-state index in [2.05, 4.69) is 40.5 Å². The van der Waals surface area contributed by atoms with E-state index in [4.69, 9.17) is 37.9 Å². The van der Waals surface area contributed by atoms with Gasteiger partial charge in [-0.15, -0.1) is 0 Å². The molecule has 1 aromatic heterocycles. The molecule has 4 aromatic rings. The molecule has 242 valence electrons. The fourth-order valence-electron chi connectivity index (χ4n) is 6.17. The average Bonchev–Trinajstić information content (AvgIpc) is 3.15. The summed E-state index contributed by atoms with van der Waals surface area (Å²) in [6, 6.07) is 24.3. The largest absolute Gasteiger partial charge is 0.497 e. The van der Waals surface area contributed by atoms with Crippen LogP contribution in [0.15, 0.2) is 95.3 Å². The third-order valence-corrected chi connectivity index (χ3v) is 9.58. The first-order valence-corrected chi connectivity index (χ1v) is 17.0. The summed E-state index contributed by atoms with van der Waals surface area (Å²) in [6.45, 7) is 6.37. The summed E-state index contributed by atoms with van der Waals surface area (Å²) in [5.74, 6) is 1.17. The van der Waals surface area contributed by atoms with Crippen molar-refractivity contribution in [3.63, 3.8) is 0 Å². The summed E-state index contributed by atoms with van der Waals surface area (Å²) >= 11 is 13.4. The monoisotopic (exact) mass is 666 g/mol. The van der Waals surface area contributed by atoms with E-state index >= 15 is 0 Å². The lowest BCUT2D eigenvalue weighted by atomic mass is 9.86. The Bertz CT molecular complexity index is 1840. The zero-order valence-electron chi connectivity index (χ0n) is 27.3. The van der Waals surface area contributed by atoms with Crippen LogP contribution >= 0.6 is 23.2 Å². The zero-order chi connectivity index (χ0) is 33.1. The number of nitrogens with zero attached hydrogens (tertiary/aromatic N) is 3. The van der Waals surface area contributed by atoms with Crippen LogP contribution in [0.25, 0.3) is 0 Å². The van der Waals surface area contributed by atoms with E-state index in [1.54, 1.807) is 7.11 Å². The number of pyridine rings is 1. The molecule has 8 heteroatoms. The molecule has 47 heavy (non-hydrogen) atoms. The van der Waals surface area contributed by atoms with Crippen LogP contribution in [0.2, 0.25) is 10.0 Å². The minimum Gasteiger partial charge on any atom is -0.497 e. The number of fused-ring (bicyclic) bond motifs is 1. The first kappa shape index (κ1) is 32.8. The third kappa shape index (κ3) is 7.24. The van der Waals surface area contributed by atoms with Gasteiger partial charge in [-0.3, -0.25) is 9.79 Å². The van der Waals surface area contributed by atoms with Gasteiger partial charge in [0.25, 0.3) is 0 Å². The van der Waals surface area contributed by atoms with E-state index in [0.717, 1.165) is 70.1 Å². The molecule has 0 bridgehead atoms. The Balaban J connectivity index is 1.51. The van der Waals surface area contributed by atoms with Crippen LogP contribution in [-0.2, 0) is 17.8 Å². The molecule has 1 aliphatic heterocycles. The molecule has 1 amide bonds. The maximum atomic E-state index is 12.5. The van der Waals surface area contributed by atoms with Crippen molar-refractivity contribution < 1.29 is 9.53 Å². The van der Waals surface area contributed by atoms with Crippen LogP contribution in [-0.4, -0.2) is 29.8 Å². The van der Waals surface area contributed by atoms with Crippen molar-refractivity contribution in [2.45, 2.75) is 65.5 Å². The predicted molar refractivity (Wildman–Crippen MR) is 193 cm³/mol. The molecule has 1 unspecified atom stereocenters. The molecule has 2 heterocycles. The Labute approximate surface area is 287 Å². The van der Waals surface area contributed by atoms with Gasteiger partial charge < -0.3 is 15.0 Å². The number of carbonyl (C=O) groups excluding carboxylic acids is 1. The Morgan fingerprint density at radius 1 is 1.04 bits per heavy atom. The standard InChI is InChI=1S/C39H40Cl2N4O2/c1-24(2)39(46)44-38-25(3)20-29(22-42-38)36-32-21-30(40)15-19-35(32)45(23-26-12-16-31(47-4)17-13-26)37(28-9-7-10-28)34(43-36)18-14-27-8-5-6-11-33(27)41/h5-6,8,11-13,15-17,19-22,24,34H,7,9-10,14,18,23H2,1-4H3,(H,42,44,46). The normalized spacial score (nSPS) is 15.9. The van der Waals surface area contributed by atoms with E-state index in [-0.39, 0.29) is 17.9 Å². The van der Waals surface area contributed by atoms with Crippen LogP contribution in [0.4, 0.5) is 11.5 Å². The van der Waals surface area contributed by atoms with Gasteiger partial charge in [0.2, 0.25) is 5.91 Å². The molecule has 1 N–H and O–H groups in total. The number of benzodiazepines with no additional fused rings is 1. The number of amides is 1. The molecule has 6 rings (SSSR count). The van der Waals surface area contributed by atoms with Crippen molar-refractivity contribution in [2.24, 2.45) is 10.9 Å². The summed E-state index contributed by atoms with van der Waals surface area (Å²) in [6.07, 6.45) is 6.64. The Hall–Kier alpha value is -4.13. The first-order valence-electron chi connectivity index (χ1n) is 16.2. The highest BCUT2D eigenvalue weighted by molar-refractivity contribution is 6.32. The van der Waals surface area contributed by atoms with E-state index < -0.39 is 0 Å². The molecule has 0 saturated heterocycles. The molecule has 0 spiro atoms. The van der Waals surface area contributed by atoms with E-state index in [1.807, 2.05) is 69.4 Å². The number of ether oxygens (including phenoxy) is 1. The lowest BCUT2D eigenvalue weighted by molar-refractivity contribution is -0.118. The van der Waals surface area contributed by atoms with Crippen molar-refractivity contribution >= 4 is 46.3 Å². The number of carbonyl (C=O) groups is 1. The average molecular weight is 668 g/mol. The molecule has 1 aliphatic carbocycles. The number of aryl methyl sites for hydroxylation is 2. The van der Waals surface area contributed by atoms with Gasteiger partial charge in [-0.25, -0.2) is 4.98 Å². The number of halogens is 2. The minimum absolute atomic E-state index is 0.0668. The maximum absolute atomic E-state index is 12.5. The van der Waals surface area contributed by atoms with Crippen molar-refractivity contribution in [3.8, 4) is 5.75 Å². The fraction of sp³-hybridized carbons (Fsp3) is 0.308. The fourth-order valence-corrected chi connectivity index (χ4v) is 6.57. The summed E-state index contributed by atoms with van der Waals surface area (Å²) in [4.78, 5) is 25.3. The second-order valence-corrected chi connectivity index (χ2v) is 13.4. The van der Waals surface area contributed by atoms with Crippen molar-refractivity contribution in [1.82, 2.24) is 4.98 Å². The van der Waals surface area contributed by atoms with Gasteiger partial charge in [0, 0.05) is 45.5 Å². The highest BCUT2D eigenvalue weighted by atomic mass is 35.5. The molecular formula is C39H40Cl2N4O2. The second kappa shape index (κ2) is 14.3. The Morgan fingerprint density at radius 2 is 1.81 bits per heavy atom. The number of aliphatic imine (C=N–C) groups is 1. The van der Waals surface area contributed by atoms with Gasteiger partial charge in [-0.1, -0.05) is 67.4 Å². The van der Waals surface area contributed by atoms with Gasteiger partial charge in [0.15, 0.2) is 0 Å². The topological polar surface area (TPSA) is 66.8 Å². The second-order valence-electron chi connectivity index (χ2n) is 12.6. The number of hydrogen-bond acceptors (Lipinski definition) is 5. The number of nitrogens with one attached hydrogen (secondary N) is 1. The van der Waals surface area contributed by atoms with Crippen molar-refractivity contribution in [3.05, 3.63) is 128 Å². The molecule has 2 aliphatic rings. The zero-order valence-corrected chi connectivity index (χ0v) is 28.8. The predicted octanol–water partition coefficient (Wildman–Crippen LogP) is 9.60. The molecule has 3 aromatic carbocycles. The maximum Gasteiger partial charge on any atom is 0.228 e. The van der Waals surface area contributed by atoms with Gasteiger partial charge >= 0.3 is 0 Å². The van der Waals surface area contributed by atoms with Crippen molar-refractivity contribution in [2.75, 3.05) is 17.3 Å². The first-order chi connectivity index (χ1) is 22.7. The quantitative estimate of drug-likeness (QED) is 0.193. The number of methoxy groups -OCH3 is 1. The highest BCUT2D eigenvalue weighted by Crippen LogP contribution is 2.42. The third-order valence-electron chi connectivity index (χ3n) is 8.98. The number of allylic oxidation sites excluding steroid dienone is 1. The van der Waals surface area contributed by atoms with Gasteiger partial charge in [-0.05, 0) is 104 Å². The molecule has 6 nitrogen and oxygen atoms in total. The van der Waals surface area contributed by atoms with E-state index in [1.165, 1.54) is 23.3 Å². The van der Waals surface area contributed by atoms with Crippen LogP contribution in [0.1, 0.15) is 67.3 Å². The summed E-state index contributed by atoms with van der Waals surface area (Å²) in [7, 11) is 1.69. The van der Waals surface area contributed by atoms with Crippen LogP contribution in [0.3, 0.4) is 0 Å². The lowest BCUT2D eigenvalue weighted by Crippen LogP contribution is -2.31. The minimum atomic E-state index is -0.148. The van der Waals surface area contributed by atoms with E-state index in [0.29, 0.717) is 17.4 Å². The Morgan fingerprint density at radius 3 is 2.47 bits per heavy atom. The van der Waals surface area contributed by atoms with Crippen LogP contribution in [0, 0.1) is 12.8 Å². The summed E-state index contributed by atoms with van der Waals surface area (Å²) < 4.78 is 5.45. The number of hydrogen-bond donors (Lipinski definition) is 1.